The van der Waals surface area contributed by atoms with Crippen molar-refractivity contribution < 1.29 is 9.59 Å². The molecule has 0 aliphatic heterocycles. The molecular formula is C17H24N2O2. The molecule has 0 radical (unpaired) electrons. The molecular weight excluding hydrogens is 264 g/mol. The highest BCUT2D eigenvalue weighted by Gasteiger charge is 2.13. The predicted molar refractivity (Wildman–Crippen MR) is 84.6 cm³/mol. The molecule has 0 aromatic heterocycles. The topological polar surface area (TPSA) is 58.2 Å². The first-order valence-corrected chi connectivity index (χ1v) is 7.79. The number of amides is 1. The minimum atomic E-state index is -0.0326. The van der Waals surface area contributed by atoms with Gasteiger partial charge in [0.15, 0.2) is 5.78 Å². The van der Waals surface area contributed by atoms with Crippen LogP contribution in [0.1, 0.15) is 55.8 Å². The summed E-state index contributed by atoms with van der Waals surface area (Å²) in [7, 11) is 0. The fourth-order valence-corrected chi connectivity index (χ4v) is 2.71. The lowest BCUT2D eigenvalue weighted by atomic mass is 10.1. The lowest BCUT2D eigenvalue weighted by Crippen LogP contribution is -2.35. The van der Waals surface area contributed by atoms with Gasteiger partial charge in [0.25, 0.3) is 0 Å². The summed E-state index contributed by atoms with van der Waals surface area (Å²) in [5.41, 5.74) is 1.39. The molecule has 2 N–H and O–H groups in total. The van der Waals surface area contributed by atoms with Crippen molar-refractivity contribution in [2.75, 3.05) is 11.9 Å². The third kappa shape index (κ3) is 5.31. The summed E-state index contributed by atoms with van der Waals surface area (Å²) in [5.74, 6) is -0.00210. The zero-order valence-electron chi connectivity index (χ0n) is 12.7. The number of benzene rings is 1. The van der Waals surface area contributed by atoms with Crippen LogP contribution in [-0.2, 0) is 4.79 Å². The SMILES string of the molecule is CC(=O)c1ccc(NC(=O)CNC2CCCCCC2)cc1. The monoisotopic (exact) mass is 288 g/mol. The van der Waals surface area contributed by atoms with E-state index in [1.165, 1.54) is 45.4 Å². The number of rotatable bonds is 5. The molecule has 1 fully saturated rings. The van der Waals surface area contributed by atoms with E-state index in [0.29, 0.717) is 18.2 Å². The van der Waals surface area contributed by atoms with Crippen molar-refractivity contribution >= 4 is 17.4 Å². The Balaban J connectivity index is 1.77. The van der Waals surface area contributed by atoms with Gasteiger partial charge in [-0.25, -0.2) is 0 Å². The minimum absolute atomic E-state index is 0.0305. The minimum Gasteiger partial charge on any atom is -0.325 e. The second-order valence-electron chi connectivity index (χ2n) is 5.75. The van der Waals surface area contributed by atoms with Gasteiger partial charge >= 0.3 is 0 Å². The molecule has 114 valence electrons. The van der Waals surface area contributed by atoms with E-state index in [2.05, 4.69) is 10.6 Å². The number of anilines is 1. The van der Waals surface area contributed by atoms with Gasteiger partial charge in [0.2, 0.25) is 5.91 Å². The fraction of sp³-hybridized carbons (Fsp3) is 0.529. The first-order valence-electron chi connectivity index (χ1n) is 7.79. The van der Waals surface area contributed by atoms with E-state index in [4.69, 9.17) is 0 Å². The van der Waals surface area contributed by atoms with Crippen molar-refractivity contribution in [1.29, 1.82) is 0 Å². The van der Waals surface area contributed by atoms with Crippen LogP contribution in [0.3, 0.4) is 0 Å². The molecule has 1 aromatic carbocycles. The Bertz CT molecular complexity index is 474. The number of carbonyl (C=O) groups is 2. The van der Waals surface area contributed by atoms with Gasteiger partial charge in [-0.1, -0.05) is 25.7 Å². The van der Waals surface area contributed by atoms with Gasteiger partial charge < -0.3 is 10.6 Å². The number of nitrogens with one attached hydrogen (secondary N) is 2. The first-order chi connectivity index (χ1) is 10.1. The van der Waals surface area contributed by atoms with E-state index in [-0.39, 0.29) is 11.7 Å². The summed E-state index contributed by atoms with van der Waals surface area (Å²) in [6, 6.07) is 7.46. The standard InChI is InChI=1S/C17H24N2O2/c1-13(20)14-8-10-16(11-9-14)19-17(21)12-18-15-6-4-2-3-5-7-15/h8-11,15,18H,2-7,12H2,1H3,(H,19,21). The van der Waals surface area contributed by atoms with Crippen LogP contribution in [0.4, 0.5) is 5.69 Å². The van der Waals surface area contributed by atoms with Crippen molar-refractivity contribution in [3.05, 3.63) is 29.8 Å². The number of Topliss-reactive ketones (excluding diaryl/α,β-unsaturated/α-hetero) is 1. The number of hydrogen-bond donors (Lipinski definition) is 2. The molecule has 0 saturated heterocycles. The van der Waals surface area contributed by atoms with E-state index in [1.54, 1.807) is 24.3 Å². The average Bonchev–Trinajstić information content (AvgIpc) is 2.74. The van der Waals surface area contributed by atoms with Crippen LogP contribution in [0.25, 0.3) is 0 Å². The number of ketones is 1. The highest BCUT2D eigenvalue weighted by Crippen LogP contribution is 2.17. The van der Waals surface area contributed by atoms with Crippen LogP contribution in [0.2, 0.25) is 0 Å². The van der Waals surface area contributed by atoms with E-state index in [1.807, 2.05) is 0 Å². The van der Waals surface area contributed by atoms with Gasteiger partial charge in [0, 0.05) is 17.3 Å². The molecule has 0 spiro atoms. The smallest absolute Gasteiger partial charge is 0.238 e. The van der Waals surface area contributed by atoms with Crippen LogP contribution < -0.4 is 10.6 Å². The van der Waals surface area contributed by atoms with Crippen molar-refractivity contribution in [2.24, 2.45) is 0 Å². The van der Waals surface area contributed by atoms with Gasteiger partial charge in [-0.05, 0) is 44.0 Å². The highest BCUT2D eigenvalue weighted by atomic mass is 16.2. The van der Waals surface area contributed by atoms with Crippen molar-refractivity contribution in [3.63, 3.8) is 0 Å². The molecule has 21 heavy (non-hydrogen) atoms. The molecule has 2 rings (SSSR count). The van der Waals surface area contributed by atoms with Gasteiger partial charge in [-0.2, -0.15) is 0 Å². The van der Waals surface area contributed by atoms with Crippen LogP contribution in [-0.4, -0.2) is 24.3 Å². The summed E-state index contributed by atoms with van der Waals surface area (Å²) in [4.78, 5) is 23.1. The quantitative estimate of drug-likeness (QED) is 0.646. The zero-order valence-corrected chi connectivity index (χ0v) is 12.7. The molecule has 1 aromatic rings. The Morgan fingerprint density at radius 1 is 1.05 bits per heavy atom. The van der Waals surface area contributed by atoms with E-state index < -0.39 is 0 Å². The van der Waals surface area contributed by atoms with E-state index in [0.717, 1.165) is 5.69 Å². The van der Waals surface area contributed by atoms with Gasteiger partial charge in [-0.3, -0.25) is 9.59 Å². The lowest BCUT2D eigenvalue weighted by molar-refractivity contribution is -0.115. The van der Waals surface area contributed by atoms with Crippen molar-refractivity contribution in [1.82, 2.24) is 5.32 Å². The van der Waals surface area contributed by atoms with Crippen molar-refractivity contribution in [3.8, 4) is 0 Å². The van der Waals surface area contributed by atoms with Gasteiger partial charge in [0.05, 0.1) is 6.54 Å². The molecule has 1 aliphatic rings. The fourth-order valence-electron chi connectivity index (χ4n) is 2.71. The predicted octanol–water partition coefficient (Wildman–Crippen LogP) is 3.14. The molecule has 0 atom stereocenters. The summed E-state index contributed by atoms with van der Waals surface area (Å²) in [6.07, 6.45) is 7.47. The summed E-state index contributed by atoms with van der Waals surface area (Å²) < 4.78 is 0. The summed E-state index contributed by atoms with van der Waals surface area (Å²) >= 11 is 0. The summed E-state index contributed by atoms with van der Waals surface area (Å²) in [5, 5.41) is 6.20. The van der Waals surface area contributed by atoms with Gasteiger partial charge in [-0.15, -0.1) is 0 Å². The van der Waals surface area contributed by atoms with Crippen molar-refractivity contribution in [2.45, 2.75) is 51.5 Å². The molecule has 0 heterocycles. The molecule has 0 unspecified atom stereocenters. The maximum atomic E-state index is 11.9. The third-order valence-corrected chi connectivity index (χ3v) is 3.98. The Morgan fingerprint density at radius 2 is 1.67 bits per heavy atom. The maximum Gasteiger partial charge on any atom is 0.238 e. The molecule has 1 saturated carbocycles. The molecule has 1 aliphatic carbocycles. The molecule has 4 heteroatoms. The largest absolute Gasteiger partial charge is 0.325 e. The van der Waals surface area contributed by atoms with E-state index in [9.17, 15) is 9.59 Å². The molecule has 0 bridgehead atoms. The highest BCUT2D eigenvalue weighted by molar-refractivity contribution is 5.96. The Kier molecular flexibility index (Phi) is 5.93. The van der Waals surface area contributed by atoms with Crippen LogP contribution in [0, 0.1) is 0 Å². The molecule has 4 nitrogen and oxygen atoms in total. The van der Waals surface area contributed by atoms with Gasteiger partial charge in [0.1, 0.15) is 0 Å². The first kappa shape index (κ1) is 15.7. The number of hydrogen-bond acceptors (Lipinski definition) is 3. The maximum absolute atomic E-state index is 11.9. The molecule has 1 amide bonds. The Hall–Kier alpha value is -1.68. The third-order valence-electron chi connectivity index (χ3n) is 3.98. The second-order valence-corrected chi connectivity index (χ2v) is 5.75. The van der Waals surface area contributed by atoms with E-state index >= 15 is 0 Å². The normalized spacial score (nSPS) is 16.2. The Labute approximate surface area is 126 Å². The van der Waals surface area contributed by atoms with Crippen LogP contribution >= 0.6 is 0 Å². The number of carbonyl (C=O) groups excluding carboxylic acids is 2. The van der Waals surface area contributed by atoms with Crippen LogP contribution in [0.15, 0.2) is 24.3 Å². The summed E-state index contributed by atoms with van der Waals surface area (Å²) in [6.45, 7) is 1.88. The Morgan fingerprint density at radius 3 is 2.24 bits per heavy atom. The van der Waals surface area contributed by atoms with Crippen LogP contribution in [0.5, 0.6) is 0 Å². The zero-order chi connectivity index (χ0) is 15.1. The second kappa shape index (κ2) is 7.93. The average molecular weight is 288 g/mol. The lowest BCUT2D eigenvalue weighted by Gasteiger charge is -2.15.